The summed E-state index contributed by atoms with van der Waals surface area (Å²) in [7, 11) is 0.0718. The Morgan fingerprint density at radius 3 is 0.738 bits per heavy atom. The Morgan fingerprint density at radius 1 is 0.321 bits per heavy atom. The summed E-state index contributed by atoms with van der Waals surface area (Å²) >= 11 is 0. The van der Waals surface area contributed by atoms with Crippen molar-refractivity contribution < 1.29 is 68.2 Å². The van der Waals surface area contributed by atoms with Gasteiger partial charge in [0, 0.05) is 0 Å². The minimum Gasteiger partial charge on any atom is -1.00 e. The summed E-state index contributed by atoms with van der Waals surface area (Å²) in [5.74, 6) is 0. The van der Waals surface area contributed by atoms with Crippen LogP contribution in [0.1, 0.15) is 209 Å². The normalized spacial score (nSPS) is 18.5. The van der Waals surface area contributed by atoms with E-state index in [4.69, 9.17) is 0 Å². The van der Waals surface area contributed by atoms with E-state index in [0.717, 1.165) is 45.3 Å². The Hall–Kier alpha value is -0.951. The minimum absolute atomic E-state index is 0. The van der Waals surface area contributed by atoms with Crippen molar-refractivity contribution in [2.75, 3.05) is 0 Å². The summed E-state index contributed by atoms with van der Waals surface area (Å²) in [6, 6.07) is 55.4. The Morgan fingerprint density at radius 2 is 0.524 bits per heavy atom. The van der Waals surface area contributed by atoms with Crippen LogP contribution in [0.3, 0.4) is 0 Å². The maximum Gasteiger partial charge on any atom is 2.00 e. The van der Waals surface area contributed by atoms with Gasteiger partial charge in [0.25, 0.3) is 0 Å². The predicted molar refractivity (Wildman–Crippen MR) is 371 cm³/mol. The molecular weight excluding hydrogens is 1200 g/mol. The summed E-state index contributed by atoms with van der Waals surface area (Å²) in [4.78, 5) is 0. The van der Waals surface area contributed by atoms with Crippen LogP contribution >= 0.6 is 31.7 Å². The maximum absolute atomic E-state index is 2.55. The van der Waals surface area contributed by atoms with Gasteiger partial charge in [-0.2, -0.15) is 24.3 Å². The molecule has 0 heterocycles. The molecule has 0 amide bonds. The molecule has 4 atom stereocenters. The average Bonchev–Trinajstić information content (AvgIpc) is 4.21. The largest absolute Gasteiger partial charge is 2.00 e. The van der Waals surface area contributed by atoms with Gasteiger partial charge in [0.15, 0.2) is 0 Å². The van der Waals surface area contributed by atoms with Crippen LogP contribution in [-0.2, 0) is 43.4 Å². The zero-order valence-corrected chi connectivity index (χ0v) is 61.2. The fraction of sp³-hybridized carbons (Fsp3) is 0.526. The monoisotopic (exact) mass is 1310 g/mol. The summed E-state index contributed by atoms with van der Waals surface area (Å²) in [6.07, 6.45) is 35.0. The number of halogens is 2. The Kier molecular flexibility index (Phi) is 33.4. The van der Waals surface area contributed by atoms with E-state index in [1.165, 1.54) is 197 Å². The Balaban J connectivity index is 0.000000203. The first-order valence-electron chi connectivity index (χ1n) is 32.9. The third kappa shape index (κ3) is 19.5. The third-order valence-electron chi connectivity index (χ3n) is 19.7. The number of rotatable bonds is 16. The van der Waals surface area contributed by atoms with Gasteiger partial charge in [0.05, 0.1) is 0 Å². The van der Waals surface area contributed by atoms with E-state index in [1.807, 2.05) is 0 Å². The Bertz CT molecular complexity index is 2640. The molecule has 0 aromatic heterocycles. The molecule has 4 aliphatic rings. The van der Waals surface area contributed by atoms with Gasteiger partial charge in [-0.15, -0.1) is 161 Å². The van der Waals surface area contributed by atoms with Crippen molar-refractivity contribution in [2.24, 2.45) is 0 Å². The van der Waals surface area contributed by atoms with E-state index in [9.17, 15) is 0 Å². The summed E-state index contributed by atoms with van der Waals surface area (Å²) in [5.41, 5.74) is 7.37. The molecule has 4 unspecified atom stereocenters. The molecule has 4 fully saturated rings. The molecular formula is C76H104Cl2P4Ti2-2. The van der Waals surface area contributed by atoms with E-state index >= 15 is 0 Å². The van der Waals surface area contributed by atoms with Gasteiger partial charge >= 0.3 is 43.4 Å². The molecule has 0 nitrogen and oxygen atoms in total. The van der Waals surface area contributed by atoms with E-state index in [0.29, 0.717) is 0 Å². The summed E-state index contributed by atoms with van der Waals surface area (Å²) < 4.78 is 0. The number of fused-ring (bicyclic) bond motifs is 4. The topological polar surface area (TPSA) is 0 Å². The van der Waals surface area contributed by atoms with Gasteiger partial charge in [-0.05, 0) is 122 Å². The molecule has 0 radical (unpaired) electrons. The molecule has 8 heteroatoms. The molecule has 0 aliphatic heterocycles. The van der Waals surface area contributed by atoms with Crippen molar-refractivity contribution in [3.05, 3.63) is 146 Å². The van der Waals surface area contributed by atoms with E-state index < -0.39 is 0 Å². The fourth-order valence-corrected chi connectivity index (χ4v) is 28.9. The molecule has 0 N–H and O–H groups in total. The molecule has 8 aromatic rings. The molecule has 0 spiro atoms. The van der Waals surface area contributed by atoms with Gasteiger partial charge in [0.2, 0.25) is 0 Å². The minimum atomic E-state index is -0.0252. The van der Waals surface area contributed by atoms with Gasteiger partial charge in [-0.25, -0.2) is 0 Å². The van der Waals surface area contributed by atoms with E-state index in [1.54, 1.807) is 21.2 Å². The van der Waals surface area contributed by atoms with Crippen LogP contribution in [-0.4, -0.2) is 45.3 Å². The second-order valence-electron chi connectivity index (χ2n) is 25.2. The van der Waals surface area contributed by atoms with E-state index in [-0.39, 0.29) is 99.9 Å². The summed E-state index contributed by atoms with van der Waals surface area (Å²) in [5, 5.41) is 18.2. The first-order valence-corrected chi connectivity index (χ1v) is 38.8. The number of benzene rings is 4. The first-order chi connectivity index (χ1) is 39.2. The molecule has 0 bridgehead atoms. The first kappa shape index (κ1) is 73.8. The van der Waals surface area contributed by atoms with E-state index in [2.05, 4.69) is 201 Å². The summed E-state index contributed by atoms with van der Waals surface area (Å²) in [6.45, 7) is 19.0. The van der Waals surface area contributed by atoms with Crippen LogP contribution in [0.2, 0.25) is 0 Å². The van der Waals surface area contributed by atoms with Crippen LogP contribution in [0, 0.1) is 0 Å². The smallest absolute Gasteiger partial charge is 1.00 e. The van der Waals surface area contributed by atoms with Crippen molar-refractivity contribution in [3.63, 3.8) is 0 Å². The fourth-order valence-electron chi connectivity index (χ4n) is 14.7. The number of hydrogen-bond donors (Lipinski definition) is 0. The van der Waals surface area contributed by atoms with Crippen LogP contribution in [0.4, 0.5) is 0 Å². The molecule has 452 valence electrons. The maximum atomic E-state index is 2.55. The molecule has 4 aliphatic carbocycles. The average molecular weight is 1310 g/mol. The van der Waals surface area contributed by atoms with Crippen LogP contribution in [0.5, 0.6) is 0 Å². The quantitative estimate of drug-likeness (QED) is 0.0514. The van der Waals surface area contributed by atoms with Crippen LogP contribution in [0.15, 0.2) is 146 Å². The second kappa shape index (κ2) is 38.0. The second-order valence-corrected chi connectivity index (χ2v) is 37.0. The van der Waals surface area contributed by atoms with Crippen molar-refractivity contribution in [1.82, 2.24) is 0 Å². The standard InChI is InChI=1S/2C21H28P.2C17H24P.2ClH.2Ti/c2*1-3-11-19(12-4-1)22(20-13-5-2-6-14-20)21-15-17-9-7-8-10-18(17)16-21;2*1-5-13(3)18(14(4)6-2)17-11-15-9-7-8-10-16(15)12-17;;;;/h2*7-10,15-16,19-20H,1-6,11-14H2;2*7-14H,5-6H2,1-4H3;2*1H;;/q4*-1;;;2*+2/p-2. The number of hydrogen-bond acceptors (Lipinski definition) is 0. The van der Waals surface area contributed by atoms with Crippen LogP contribution in [0.25, 0.3) is 43.1 Å². The van der Waals surface area contributed by atoms with Gasteiger partial charge < -0.3 is 24.8 Å². The predicted octanol–water partition coefficient (Wildman–Crippen LogP) is 17.2. The zero-order valence-electron chi connectivity index (χ0n) is 53.0. The van der Waals surface area contributed by atoms with Gasteiger partial charge in [-0.3, -0.25) is 0 Å². The van der Waals surface area contributed by atoms with Gasteiger partial charge in [-0.1, -0.05) is 188 Å². The molecule has 12 rings (SSSR count). The van der Waals surface area contributed by atoms with Crippen molar-refractivity contribution in [2.45, 2.75) is 255 Å². The molecule has 84 heavy (non-hydrogen) atoms. The van der Waals surface area contributed by atoms with Crippen molar-refractivity contribution in [1.29, 1.82) is 0 Å². The molecule has 8 aromatic carbocycles. The van der Waals surface area contributed by atoms with Crippen molar-refractivity contribution >= 4 is 96.0 Å². The molecule has 0 saturated heterocycles. The molecule has 4 saturated carbocycles. The SMILES string of the molecule is CCC(C)P(c1cc2ccccc2[cH-]1)C(C)CC.CCC(C)P(c1cc2ccccc2[cH-]1)C(C)CC.[Cl-].[Cl-].[Ti+2].[Ti+2].c1ccc2[cH-]c(P(C3CCCCC3)C3CCCCC3)cc2c1.c1ccc2[cH-]c(P(C3CCCCC3)C3CCCCC3)cc2c1. The van der Waals surface area contributed by atoms with Gasteiger partial charge in [0.1, 0.15) is 0 Å². The van der Waals surface area contributed by atoms with Crippen LogP contribution < -0.4 is 46.0 Å². The van der Waals surface area contributed by atoms with Crippen molar-refractivity contribution in [3.8, 4) is 0 Å². The zero-order chi connectivity index (χ0) is 55.8. The Labute approximate surface area is 559 Å². The third-order valence-corrected chi connectivity index (χ3v) is 33.6.